The van der Waals surface area contributed by atoms with E-state index in [4.69, 9.17) is 5.10 Å². The predicted molar refractivity (Wildman–Crippen MR) is 111 cm³/mol. The van der Waals surface area contributed by atoms with Crippen LogP contribution in [0.5, 0.6) is 0 Å². The zero-order valence-electron chi connectivity index (χ0n) is 16.7. The third-order valence-electron chi connectivity index (χ3n) is 5.34. The number of carbonyl (C=O) groups is 1. The lowest BCUT2D eigenvalue weighted by molar-refractivity contribution is 0.0742. The number of aromatic nitrogens is 5. The van der Waals surface area contributed by atoms with Crippen LogP contribution in [-0.4, -0.2) is 35.4 Å². The topological polar surface area (TPSA) is 88.8 Å². The van der Waals surface area contributed by atoms with E-state index in [-0.39, 0.29) is 17.2 Å². The van der Waals surface area contributed by atoms with Crippen LogP contribution in [0.4, 0.5) is 0 Å². The van der Waals surface area contributed by atoms with Gasteiger partial charge in [-0.15, -0.1) is 0 Å². The van der Waals surface area contributed by atoms with Crippen LogP contribution in [-0.2, 0) is 13.1 Å². The van der Waals surface area contributed by atoms with Crippen LogP contribution in [0, 0.1) is 13.8 Å². The first kappa shape index (κ1) is 18.1. The molecule has 30 heavy (non-hydrogen) atoms. The van der Waals surface area contributed by atoms with Crippen LogP contribution in [0.25, 0.3) is 11.5 Å². The summed E-state index contributed by atoms with van der Waals surface area (Å²) in [4.78, 5) is 25.8. The molecule has 150 valence electrons. The number of hydrogen-bond donors (Lipinski definition) is 1. The Labute approximate surface area is 172 Å². The van der Waals surface area contributed by atoms with Gasteiger partial charge in [0.15, 0.2) is 0 Å². The summed E-state index contributed by atoms with van der Waals surface area (Å²) in [7, 11) is 0. The van der Waals surface area contributed by atoms with E-state index in [1.807, 2.05) is 33.8 Å². The molecule has 0 saturated carbocycles. The van der Waals surface area contributed by atoms with Crippen molar-refractivity contribution in [2.75, 3.05) is 0 Å². The van der Waals surface area contributed by atoms with Gasteiger partial charge in [0.1, 0.15) is 11.5 Å². The maximum atomic E-state index is 12.9. The number of nitrogens with one attached hydrogen (secondary N) is 1. The first-order valence-corrected chi connectivity index (χ1v) is 9.68. The second kappa shape index (κ2) is 6.84. The fraction of sp³-hybridized carbons (Fsp3) is 0.182. The van der Waals surface area contributed by atoms with Crippen LogP contribution in [0.15, 0.2) is 59.7 Å². The van der Waals surface area contributed by atoms with E-state index in [1.165, 1.54) is 17.7 Å². The van der Waals surface area contributed by atoms with Gasteiger partial charge in [0, 0.05) is 24.0 Å². The zero-order chi connectivity index (χ0) is 20.8. The molecule has 1 aliphatic rings. The quantitative estimate of drug-likeness (QED) is 0.572. The van der Waals surface area contributed by atoms with E-state index in [0.29, 0.717) is 13.1 Å². The highest BCUT2D eigenvalue weighted by molar-refractivity contribution is 5.92. The van der Waals surface area contributed by atoms with Gasteiger partial charge in [0.05, 0.1) is 24.5 Å². The van der Waals surface area contributed by atoms with Crippen LogP contribution in [0.3, 0.4) is 0 Å². The molecule has 0 atom stereocenters. The summed E-state index contributed by atoms with van der Waals surface area (Å²) in [5.41, 5.74) is 5.08. The minimum atomic E-state index is -0.337. The number of benzene rings is 1. The Balaban J connectivity index is 1.56. The molecule has 3 aromatic heterocycles. The molecule has 4 aromatic rings. The number of rotatable bonds is 3. The standard InChI is InChI=1S/C22H20N6O2/c1-14-5-7-19(15(2)11-14)28-21(26-9-3-4-10-26)16-12-27(13-18(16)25-28)22(30)17-6-8-20(29)24-23-17/h3-11H,12-13H2,1-2H3,(H,24,29). The lowest BCUT2D eigenvalue weighted by Gasteiger charge is -2.17. The smallest absolute Gasteiger partial charge is 0.274 e. The van der Waals surface area contributed by atoms with Crippen molar-refractivity contribution in [1.29, 1.82) is 0 Å². The molecule has 0 bridgehead atoms. The Morgan fingerprint density at radius 3 is 2.57 bits per heavy atom. The van der Waals surface area contributed by atoms with Gasteiger partial charge in [-0.2, -0.15) is 10.2 Å². The van der Waals surface area contributed by atoms with Crippen molar-refractivity contribution >= 4 is 5.91 Å². The van der Waals surface area contributed by atoms with Gasteiger partial charge in [0.25, 0.3) is 11.5 Å². The molecule has 0 aliphatic carbocycles. The van der Waals surface area contributed by atoms with E-state index in [0.717, 1.165) is 28.3 Å². The van der Waals surface area contributed by atoms with Gasteiger partial charge in [0.2, 0.25) is 0 Å². The van der Waals surface area contributed by atoms with Crippen molar-refractivity contribution in [2.24, 2.45) is 0 Å². The Kier molecular flexibility index (Phi) is 4.13. The van der Waals surface area contributed by atoms with Crippen molar-refractivity contribution in [1.82, 2.24) is 29.4 Å². The molecule has 4 heterocycles. The summed E-state index contributed by atoms with van der Waals surface area (Å²) in [6.07, 6.45) is 3.95. The van der Waals surface area contributed by atoms with Gasteiger partial charge < -0.3 is 9.47 Å². The van der Waals surface area contributed by atoms with Gasteiger partial charge in [-0.25, -0.2) is 9.78 Å². The number of amides is 1. The molecule has 1 aromatic carbocycles. The SMILES string of the molecule is Cc1ccc(-n2nc3c(c2-n2cccc2)CN(C(=O)c2ccc(=O)[nH]n2)C3)c(C)c1. The summed E-state index contributed by atoms with van der Waals surface area (Å²) < 4.78 is 3.98. The second-order valence-electron chi connectivity index (χ2n) is 7.51. The normalized spacial score (nSPS) is 12.9. The molecule has 0 fully saturated rings. The Hall–Kier alpha value is -3.94. The third-order valence-corrected chi connectivity index (χ3v) is 5.34. The minimum Gasteiger partial charge on any atom is -0.327 e. The maximum Gasteiger partial charge on any atom is 0.274 e. The van der Waals surface area contributed by atoms with Crippen molar-refractivity contribution in [3.8, 4) is 11.5 Å². The van der Waals surface area contributed by atoms with E-state index in [9.17, 15) is 9.59 Å². The van der Waals surface area contributed by atoms with Gasteiger partial charge in [-0.3, -0.25) is 9.59 Å². The lowest BCUT2D eigenvalue weighted by atomic mass is 10.1. The molecular formula is C22H20N6O2. The molecule has 8 heteroatoms. The van der Waals surface area contributed by atoms with Crippen molar-refractivity contribution in [3.05, 3.63) is 93.3 Å². The molecule has 1 aliphatic heterocycles. The molecule has 0 radical (unpaired) electrons. The number of fused-ring (bicyclic) bond motifs is 1. The predicted octanol–water partition coefficient (Wildman–Crippen LogP) is 2.52. The van der Waals surface area contributed by atoms with Crippen molar-refractivity contribution in [2.45, 2.75) is 26.9 Å². The highest BCUT2D eigenvalue weighted by Gasteiger charge is 2.32. The molecular weight excluding hydrogens is 380 g/mol. The van der Waals surface area contributed by atoms with Crippen LogP contribution in [0.2, 0.25) is 0 Å². The number of hydrogen-bond acceptors (Lipinski definition) is 4. The molecule has 1 N–H and O–H groups in total. The molecule has 0 saturated heterocycles. The maximum absolute atomic E-state index is 12.9. The first-order valence-electron chi connectivity index (χ1n) is 9.68. The molecule has 0 unspecified atom stereocenters. The first-order chi connectivity index (χ1) is 14.5. The lowest BCUT2D eigenvalue weighted by Crippen LogP contribution is -2.28. The fourth-order valence-corrected chi connectivity index (χ4v) is 3.92. The number of H-pyrrole nitrogens is 1. The molecule has 1 amide bonds. The average molecular weight is 400 g/mol. The van der Waals surface area contributed by atoms with E-state index < -0.39 is 0 Å². The zero-order valence-corrected chi connectivity index (χ0v) is 16.7. The Morgan fingerprint density at radius 2 is 1.87 bits per heavy atom. The van der Waals surface area contributed by atoms with E-state index in [2.05, 4.69) is 42.2 Å². The number of nitrogens with zero attached hydrogens (tertiary/aromatic N) is 5. The van der Waals surface area contributed by atoms with Crippen molar-refractivity contribution < 1.29 is 4.79 Å². The fourth-order valence-electron chi connectivity index (χ4n) is 3.92. The summed E-state index contributed by atoms with van der Waals surface area (Å²) >= 11 is 0. The summed E-state index contributed by atoms with van der Waals surface area (Å²) in [5, 5.41) is 11.1. The van der Waals surface area contributed by atoms with Crippen molar-refractivity contribution in [3.63, 3.8) is 0 Å². The third kappa shape index (κ3) is 2.93. The summed E-state index contributed by atoms with van der Waals surface area (Å²) in [5.74, 6) is 0.687. The number of aryl methyl sites for hydroxylation is 2. The van der Waals surface area contributed by atoms with Gasteiger partial charge >= 0.3 is 0 Å². The minimum absolute atomic E-state index is 0.213. The summed E-state index contributed by atoms with van der Waals surface area (Å²) in [6.45, 7) is 4.96. The van der Waals surface area contributed by atoms with Crippen LogP contribution < -0.4 is 5.56 Å². The van der Waals surface area contributed by atoms with Crippen LogP contribution in [0.1, 0.15) is 32.9 Å². The number of aromatic amines is 1. The highest BCUT2D eigenvalue weighted by atomic mass is 16.2. The second-order valence-corrected chi connectivity index (χ2v) is 7.51. The summed E-state index contributed by atoms with van der Waals surface area (Å²) in [6, 6.07) is 13.0. The largest absolute Gasteiger partial charge is 0.327 e. The Morgan fingerprint density at radius 1 is 1.07 bits per heavy atom. The average Bonchev–Trinajstić information content (AvgIpc) is 3.44. The van der Waals surface area contributed by atoms with Gasteiger partial charge in [-0.1, -0.05) is 17.7 Å². The molecule has 5 rings (SSSR count). The van der Waals surface area contributed by atoms with E-state index >= 15 is 0 Å². The van der Waals surface area contributed by atoms with Gasteiger partial charge in [-0.05, 0) is 43.7 Å². The number of carbonyl (C=O) groups excluding carboxylic acids is 1. The molecule has 8 nitrogen and oxygen atoms in total. The highest BCUT2D eigenvalue weighted by Crippen LogP contribution is 2.32. The Bertz CT molecular complexity index is 1300. The molecule has 0 spiro atoms. The monoisotopic (exact) mass is 400 g/mol. The van der Waals surface area contributed by atoms with Crippen LogP contribution >= 0.6 is 0 Å². The van der Waals surface area contributed by atoms with E-state index in [1.54, 1.807) is 4.90 Å².